The number of fused-ring (bicyclic) bond motifs is 1. The lowest BCUT2D eigenvalue weighted by Gasteiger charge is -2.29. The van der Waals surface area contributed by atoms with Crippen LogP contribution in [-0.2, 0) is 4.79 Å². The summed E-state index contributed by atoms with van der Waals surface area (Å²) in [5.74, 6) is 0.522. The van der Waals surface area contributed by atoms with Crippen LogP contribution < -0.4 is 10.6 Å². The van der Waals surface area contributed by atoms with Gasteiger partial charge in [0.05, 0.1) is 5.57 Å². The average Bonchev–Trinajstić information content (AvgIpc) is 3.11. The number of carbonyl (C=O) groups is 1. The van der Waals surface area contributed by atoms with E-state index in [0.717, 1.165) is 22.4 Å². The Labute approximate surface area is 162 Å². The largest absolute Gasteiger partial charge is 0.508 e. The van der Waals surface area contributed by atoms with E-state index in [-0.39, 0.29) is 11.7 Å². The van der Waals surface area contributed by atoms with Gasteiger partial charge < -0.3 is 15.7 Å². The first kappa shape index (κ1) is 17.8. The Kier molecular flexibility index (Phi) is 4.35. The van der Waals surface area contributed by atoms with Gasteiger partial charge in [0.2, 0.25) is 5.95 Å². The van der Waals surface area contributed by atoms with Crippen molar-refractivity contribution in [3.05, 3.63) is 76.8 Å². The van der Waals surface area contributed by atoms with E-state index in [1.54, 1.807) is 28.9 Å². The van der Waals surface area contributed by atoms with Crippen molar-refractivity contribution in [3.63, 3.8) is 0 Å². The zero-order chi connectivity index (χ0) is 19.8. The van der Waals surface area contributed by atoms with Crippen LogP contribution in [0.2, 0.25) is 0 Å². The van der Waals surface area contributed by atoms with Gasteiger partial charge in [0.25, 0.3) is 5.91 Å². The fourth-order valence-corrected chi connectivity index (χ4v) is 3.49. The van der Waals surface area contributed by atoms with Crippen LogP contribution in [0.5, 0.6) is 5.75 Å². The summed E-state index contributed by atoms with van der Waals surface area (Å²) in [6.07, 6.45) is 1.45. The van der Waals surface area contributed by atoms with Crippen LogP contribution in [0.15, 0.2) is 60.1 Å². The van der Waals surface area contributed by atoms with E-state index >= 15 is 0 Å². The SMILES string of the molecule is CC1=C(C(=O)Nc2ccc(C)cc2C)C(c2ccc(O)cc2)n2ncnc2N1. The van der Waals surface area contributed by atoms with Gasteiger partial charge in [0.15, 0.2) is 0 Å². The lowest BCUT2D eigenvalue weighted by atomic mass is 9.95. The normalized spacial score (nSPS) is 15.8. The molecule has 1 unspecified atom stereocenters. The van der Waals surface area contributed by atoms with E-state index in [2.05, 4.69) is 20.7 Å². The van der Waals surface area contributed by atoms with Crippen molar-refractivity contribution in [1.29, 1.82) is 0 Å². The maximum atomic E-state index is 13.3. The quantitative estimate of drug-likeness (QED) is 0.651. The molecule has 0 spiro atoms. The second-order valence-corrected chi connectivity index (χ2v) is 6.96. The van der Waals surface area contributed by atoms with Gasteiger partial charge >= 0.3 is 0 Å². The number of nitrogens with one attached hydrogen (secondary N) is 2. The number of hydrogen-bond acceptors (Lipinski definition) is 5. The van der Waals surface area contributed by atoms with Crippen molar-refractivity contribution in [2.24, 2.45) is 0 Å². The van der Waals surface area contributed by atoms with Gasteiger partial charge in [-0.2, -0.15) is 10.1 Å². The predicted octanol–water partition coefficient (Wildman–Crippen LogP) is 3.53. The van der Waals surface area contributed by atoms with Crippen LogP contribution in [0.1, 0.15) is 29.7 Å². The Morgan fingerprint density at radius 2 is 1.89 bits per heavy atom. The second kappa shape index (κ2) is 6.84. The number of phenolic OH excluding ortho intramolecular Hbond substituents is 1. The Morgan fingerprint density at radius 1 is 1.14 bits per heavy atom. The number of rotatable bonds is 3. The number of allylic oxidation sites excluding steroid dienone is 1. The number of carbonyl (C=O) groups excluding carboxylic acids is 1. The lowest BCUT2D eigenvalue weighted by Crippen LogP contribution is -2.31. The van der Waals surface area contributed by atoms with E-state index in [1.807, 2.05) is 39.0 Å². The van der Waals surface area contributed by atoms with Crippen molar-refractivity contribution in [2.45, 2.75) is 26.8 Å². The van der Waals surface area contributed by atoms with Gasteiger partial charge in [-0.05, 0) is 50.1 Å². The number of phenols is 1. The molecule has 4 rings (SSSR count). The number of nitrogens with zero attached hydrogens (tertiary/aromatic N) is 3. The molecule has 0 bridgehead atoms. The van der Waals surface area contributed by atoms with Crippen molar-refractivity contribution >= 4 is 17.5 Å². The average molecular weight is 375 g/mol. The number of aryl methyl sites for hydroxylation is 2. The predicted molar refractivity (Wildman–Crippen MR) is 107 cm³/mol. The maximum absolute atomic E-state index is 13.3. The Hall–Kier alpha value is -3.61. The molecule has 1 aliphatic rings. The summed E-state index contributed by atoms with van der Waals surface area (Å²) < 4.78 is 1.68. The molecule has 1 aromatic heterocycles. The Balaban J connectivity index is 1.76. The molecule has 0 aliphatic carbocycles. The number of aromatic nitrogens is 3. The van der Waals surface area contributed by atoms with Crippen LogP contribution in [0.3, 0.4) is 0 Å². The zero-order valence-electron chi connectivity index (χ0n) is 15.9. The fourth-order valence-electron chi connectivity index (χ4n) is 3.49. The monoisotopic (exact) mass is 375 g/mol. The van der Waals surface area contributed by atoms with Crippen LogP contribution in [0.4, 0.5) is 11.6 Å². The second-order valence-electron chi connectivity index (χ2n) is 6.96. The van der Waals surface area contributed by atoms with Gasteiger partial charge in [-0.15, -0.1) is 0 Å². The topological polar surface area (TPSA) is 92.1 Å². The molecule has 2 aromatic carbocycles. The van der Waals surface area contributed by atoms with Crippen LogP contribution >= 0.6 is 0 Å². The molecule has 3 N–H and O–H groups in total. The highest BCUT2D eigenvalue weighted by molar-refractivity contribution is 6.06. The molecule has 1 aliphatic heterocycles. The van der Waals surface area contributed by atoms with Gasteiger partial charge in [-0.1, -0.05) is 29.8 Å². The van der Waals surface area contributed by atoms with Gasteiger partial charge in [0.1, 0.15) is 18.1 Å². The number of benzene rings is 2. The molecule has 142 valence electrons. The number of amides is 1. The summed E-state index contributed by atoms with van der Waals surface area (Å²) >= 11 is 0. The first-order valence-corrected chi connectivity index (χ1v) is 8.99. The summed E-state index contributed by atoms with van der Waals surface area (Å²) in [6, 6.07) is 12.2. The van der Waals surface area contributed by atoms with E-state index in [1.165, 1.54) is 6.33 Å². The maximum Gasteiger partial charge on any atom is 0.255 e. The van der Waals surface area contributed by atoms with Gasteiger partial charge in [-0.3, -0.25) is 4.79 Å². The standard InChI is InChI=1S/C21H21N5O2/c1-12-4-9-17(13(2)10-12)25-20(28)18-14(3)24-21-22-11-23-26(21)19(18)15-5-7-16(27)8-6-15/h4-11,19,27H,1-3H3,(H,25,28)(H,22,23,24). The minimum absolute atomic E-state index is 0.165. The Bertz CT molecular complexity index is 1080. The molecule has 28 heavy (non-hydrogen) atoms. The van der Waals surface area contributed by atoms with Gasteiger partial charge in [-0.25, -0.2) is 4.68 Å². The molecular formula is C21H21N5O2. The van der Waals surface area contributed by atoms with Crippen molar-refractivity contribution in [3.8, 4) is 5.75 Å². The molecule has 1 amide bonds. The van der Waals surface area contributed by atoms with E-state index in [4.69, 9.17) is 0 Å². The molecular weight excluding hydrogens is 354 g/mol. The third-order valence-corrected chi connectivity index (χ3v) is 4.88. The molecule has 7 heteroatoms. The van der Waals surface area contributed by atoms with Crippen molar-refractivity contribution in [1.82, 2.24) is 14.8 Å². The third kappa shape index (κ3) is 3.11. The number of hydrogen-bond donors (Lipinski definition) is 3. The highest BCUT2D eigenvalue weighted by atomic mass is 16.3. The molecule has 3 aromatic rings. The summed E-state index contributed by atoms with van der Waals surface area (Å²) in [4.78, 5) is 17.5. The van der Waals surface area contributed by atoms with Crippen molar-refractivity contribution in [2.75, 3.05) is 10.6 Å². The molecule has 0 saturated heterocycles. The molecule has 7 nitrogen and oxygen atoms in total. The summed E-state index contributed by atoms with van der Waals surface area (Å²) in [5.41, 5.74) is 4.99. The molecule has 0 saturated carbocycles. The number of aromatic hydroxyl groups is 1. The summed E-state index contributed by atoms with van der Waals surface area (Å²) in [6.45, 7) is 5.84. The minimum Gasteiger partial charge on any atom is -0.508 e. The lowest BCUT2D eigenvalue weighted by molar-refractivity contribution is -0.113. The van der Waals surface area contributed by atoms with E-state index in [0.29, 0.717) is 17.2 Å². The minimum atomic E-state index is -0.454. The van der Waals surface area contributed by atoms with Crippen LogP contribution in [-0.4, -0.2) is 25.8 Å². The number of anilines is 2. The molecule has 0 radical (unpaired) electrons. The first-order chi connectivity index (χ1) is 13.4. The summed E-state index contributed by atoms with van der Waals surface area (Å²) in [7, 11) is 0. The molecule has 2 heterocycles. The molecule has 0 fully saturated rings. The van der Waals surface area contributed by atoms with Crippen LogP contribution in [0, 0.1) is 13.8 Å². The smallest absolute Gasteiger partial charge is 0.255 e. The first-order valence-electron chi connectivity index (χ1n) is 8.99. The Morgan fingerprint density at radius 3 is 2.61 bits per heavy atom. The highest BCUT2D eigenvalue weighted by Crippen LogP contribution is 2.35. The summed E-state index contributed by atoms with van der Waals surface area (Å²) in [5, 5.41) is 20.1. The zero-order valence-corrected chi connectivity index (χ0v) is 15.9. The highest BCUT2D eigenvalue weighted by Gasteiger charge is 2.33. The third-order valence-electron chi connectivity index (χ3n) is 4.88. The molecule has 1 atom stereocenters. The van der Waals surface area contributed by atoms with E-state index in [9.17, 15) is 9.90 Å². The van der Waals surface area contributed by atoms with Gasteiger partial charge in [0, 0.05) is 11.4 Å². The fraction of sp³-hybridized carbons (Fsp3) is 0.190. The van der Waals surface area contributed by atoms with E-state index < -0.39 is 6.04 Å². The van der Waals surface area contributed by atoms with Crippen molar-refractivity contribution < 1.29 is 9.90 Å². The van der Waals surface area contributed by atoms with Crippen LogP contribution in [0.25, 0.3) is 0 Å².